The van der Waals surface area contributed by atoms with Crippen LogP contribution < -0.4 is 5.32 Å². The Morgan fingerprint density at radius 2 is 1.93 bits per heavy atom. The van der Waals surface area contributed by atoms with E-state index in [-0.39, 0.29) is 18.1 Å². The van der Waals surface area contributed by atoms with Crippen LogP contribution >= 0.6 is 0 Å². The highest BCUT2D eigenvalue weighted by Gasteiger charge is 2.24. The quantitative estimate of drug-likeness (QED) is 0.627. The predicted molar refractivity (Wildman–Crippen MR) is 59.4 cm³/mol. The van der Waals surface area contributed by atoms with Crippen LogP contribution in [0.25, 0.3) is 0 Å². The van der Waals surface area contributed by atoms with Crippen molar-refractivity contribution in [1.29, 1.82) is 0 Å². The molecule has 0 fully saturated rings. The number of methoxy groups -OCH3 is 1. The Balaban J connectivity index is 3.82. The van der Waals surface area contributed by atoms with Gasteiger partial charge >= 0.3 is 0 Å². The van der Waals surface area contributed by atoms with Crippen molar-refractivity contribution in [2.75, 3.05) is 26.8 Å². The molecule has 0 aliphatic carbocycles. The van der Waals surface area contributed by atoms with Crippen molar-refractivity contribution in [3.05, 3.63) is 0 Å². The number of hydrogen-bond donors (Lipinski definition) is 2. The summed E-state index contributed by atoms with van der Waals surface area (Å²) in [6.45, 7) is 8.25. The second-order valence-electron chi connectivity index (χ2n) is 4.04. The molecule has 0 saturated carbocycles. The number of hydrogen-bond acceptors (Lipinski definition) is 3. The summed E-state index contributed by atoms with van der Waals surface area (Å²) in [7, 11) is 1.71. The lowest BCUT2D eigenvalue weighted by atomic mass is 9.83. The first-order valence-corrected chi connectivity index (χ1v) is 5.48. The highest BCUT2D eigenvalue weighted by Crippen LogP contribution is 2.24. The first-order chi connectivity index (χ1) is 6.64. The third kappa shape index (κ3) is 4.40. The minimum atomic E-state index is 0.0491. The summed E-state index contributed by atoms with van der Waals surface area (Å²) in [4.78, 5) is 0. The zero-order valence-electron chi connectivity index (χ0n) is 9.97. The Bertz CT molecular complexity index is 127. The molecule has 0 rings (SSSR count). The van der Waals surface area contributed by atoms with E-state index in [0.717, 1.165) is 25.9 Å². The van der Waals surface area contributed by atoms with Gasteiger partial charge in [0.15, 0.2) is 0 Å². The summed E-state index contributed by atoms with van der Waals surface area (Å²) in [5.74, 6) is 0. The Morgan fingerprint density at radius 1 is 1.36 bits per heavy atom. The number of aliphatic hydroxyl groups is 1. The number of ether oxygens (including phenoxy) is 1. The molecular weight excluding hydrogens is 178 g/mol. The lowest BCUT2D eigenvalue weighted by Gasteiger charge is -2.30. The van der Waals surface area contributed by atoms with E-state index in [1.165, 1.54) is 0 Å². The summed E-state index contributed by atoms with van der Waals surface area (Å²) in [6, 6.07) is 0. The molecule has 0 aromatic carbocycles. The molecule has 3 nitrogen and oxygen atoms in total. The van der Waals surface area contributed by atoms with Crippen molar-refractivity contribution in [2.24, 2.45) is 5.41 Å². The van der Waals surface area contributed by atoms with E-state index < -0.39 is 0 Å². The van der Waals surface area contributed by atoms with Crippen LogP contribution in [0.5, 0.6) is 0 Å². The Hall–Kier alpha value is -0.120. The minimum absolute atomic E-state index is 0.0491. The molecule has 3 heteroatoms. The highest BCUT2D eigenvalue weighted by molar-refractivity contribution is 4.78. The molecule has 0 amide bonds. The van der Waals surface area contributed by atoms with Gasteiger partial charge in [0.2, 0.25) is 0 Å². The van der Waals surface area contributed by atoms with Crippen molar-refractivity contribution in [2.45, 2.75) is 39.7 Å². The fourth-order valence-electron chi connectivity index (χ4n) is 1.40. The van der Waals surface area contributed by atoms with Crippen molar-refractivity contribution in [3.8, 4) is 0 Å². The van der Waals surface area contributed by atoms with Crippen LogP contribution in [0.15, 0.2) is 0 Å². The van der Waals surface area contributed by atoms with Crippen molar-refractivity contribution in [1.82, 2.24) is 5.32 Å². The fourth-order valence-corrected chi connectivity index (χ4v) is 1.40. The average Bonchev–Trinajstić information content (AvgIpc) is 2.25. The van der Waals surface area contributed by atoms with Crippen LogP contribution in [0.1, 0.15) is 33.6 Å². The number of aliphatic hydroxyl groups excluding tert-OH is 1. The Kier molecular flexibility index (Phi) is 7.15. The van der Waals surface area contributed by atoms with Gasteiger partial charge in [0, 0.05) is 32.2 Å². The molecule has 0 aliphatic rings. The lowest BCUT2D eigenvalue weighted by Crippen LogP contribution is -2.39. The normalized spacial score (nSPS) is 14.4. The molecule has 0 spiro atoms. The van der Waals surface area contributed by atoms with Crippen LogP contribution in [0.2, 0.25) is 0 Å². The number of nitrogens with one attached hydrogen (secondary N) is 1. The second kappa shape index (κ2) is 7.21. The van der Waals surface area contributed by atoms with E-state index in [0.29, 0.717) is 0 Å². The van der Waals surface area contributed by atoms with Gasteiger partial charge in [-0.15, -0.1) is 0 Å². The van der Waals surface area contributed by atoms with E-state index in [1.807, 2.05) is 6.92 Å². The first kappa shape index (κ1) is 13.9. The molecule has 86 valence electrons. The molecule has 0 heterocycles. The van der Waals surface area contributed by atoms with Gasteiger partial charge in [0.25, 0.3) is 0 Å². The maximum absolute atomic E-state index is 9.33. The fraction of sp³-hybridized carbons (Fsp3) is 1.00. The predicted octanol–water partition coefficient (Wildman–Crippen LogP) is 1.41. The van der Waals surface area contributed by atoms with Gasteiger partial charge in [-0.1, -0.05) is 13.8 Å². The van der Waals surface area contributed by atoms with Crippen LogP contribution in [0.4, 0.5) is 0 Å². The molecule has 0 aromatic heterocycles. The van der Waals surface area contributed by atoms with Gasteiger partial charge in [-0.25, -0.2) is 0 Å². The van der Waals surface area contributed by atoms with Gasteiger partial charge in [0.1, 0.15) is 0 Å². The van der Waals surface area contributed by atoms with Crippen LogP contribution in [0, 0.1) is 5.41 Å². The molecule has 0 aromatic rings. The molecule has 0 aliphatic heterocycles. The van der Waals surface area contributed by atoms with E-state index >= 15 is 0 Å². The third-order valence-corrected chi connectivity index (χ3v) is 3.17. The molecule has 0 radical (unpaired) electrons. The SMILES string of the molecule is CCC(CC)(CO)CNCC(C)OC. The summed E-state index contributed by atoms with van der Waals surface area (Å²) >= 11 is 0. The standard InChI is InChI=1S/C11H25NO2/c1-5-11(6-2,9-13)8-12-7-10(3)14-4/h10,12-13H,5-9H2,1-4H3. The summed E-state index contributed by atoms with van der Waals surface area (Å²) < 4.78 is 5.14. The molecular formula is C11H25NO2. The largest absolute Gasteiger partial charge is 0.396 e. The molecule has 0 bridgehead atoms. The van der Waals surface area contributed by atoms with Crippen molar-refractivity contribution >= 4 is 0 Å². The highest BCUT2D eigenvalue weighted by atomic mass is 16.5. The van der Waals surface area contributed by atoms with E-state index in [1.54, 1.807) is 7.11 Å². The molecule has 2 N–H and O–H groups in total. The topological polar surface area (TPSA) is 41.5 Å². The van der Waals surface area contributed by atoms with Crippen molar-refractivity contribution in [3.63, 3.8) is 0 Å². The minimum Gasteiger partial charge on any atom is -0.396 e. The zero-order chi connectivity index (χ0) is 11.0. The van der Waals surface area contributed by atoms with Crippen LogP contribution in [-0.2, 0) is 4.74 Å². The van der Waals surface area contributed by atoms with Crippen molar-refractivity contribution < 1.29 is 9.84 Å². The first-order valence-electron chi connectivity index (χ1n) is 5.48. The van der Waals surface area contributed by atoms with E-state index in [2.05, 4.69) is 19.2 Å². The summed E-state index contributed by atoms with van der Waals surface area (Å²) in [5.41, 5.74) is 0.0491. The van der Waals surface area contributed by atoms with Crippen LogP contribution in [0.3, 0.4) is 0 Å². The maximum Gasteiger partial charge on any atom is 0.0667 e. The lowest BCUT2D eigenvalue weighted by molar-refractivity contribution is 0.0917. The summed E-state index contributed by atoms with van der Waals surface area (Å²) in [6.07, 6.45) is 2.25. The molecule has 1 unspecified atom stereocenters. The van der Waals surface area contributed by atoms with Gasteiger partial charge in [-0.05, 0) is 19.8 Å². The molecule has 14 heavy (non-hydrogen) atoms. The Labute approximate surface area is 87.8 Å². The second-order valence-corrected chi connectivity index (χ2v) is 4.04. The van der Waals surface area contributed by atoms with Gasteiger partial charge in [0.05, 0.1) is 6.10 Å². The zero-order valence-corrected chi connectivity index (χ0v) is 9.97. The van der Waals surface area contributed by atoms with E-state index in [4.69, 9.17) is 4.74 Å². The van der Waals surface area contributed by atoms with Gasteiger partial charge in [-0.3, -0.25) is 0 Å². The smallest absolute Gasteiger partial charge is 0.0667 e. The molecule has 1 atom stereocenters. The van der Waals surface area contributed by atoms with Crippen LogP contribution in [-0.4, -0.2) is 38.0 Å². The average molecular weight is 203 g/mol. The Morgan fingerprint density at radius 3 is 2.29 bits per heavy atom. The maximum atomic E-state index is 9.33. The van der Waals surface area contributed by atoms with Gasteiger partial charge in [-0.2, -0.15) is 0 Å². The third-order valence-electron chi connectivity index (χ3n) is 3.17. The van der Waals surface area contributed by atoms with E-state index in [9.17, 15) is 5.11 Å². The van der Waals surface area contributed by atoms with Gasteiger partial charge < -0.3 is 15.2 Å². The molecule has 0 saturated heterocycles. The summed E-state index contributed by atoms with van der Waals surface area (Å²) in [5, 5.41) is 12.7. The number of rotatable bonds is 8. The monoisotopic (exact) mass is 203 g/mol.